The summed E-state index contributed by atoms with van der Waals surface area (Å²) in [5.74, 6) is -1.12. The van der Waals surface area contributed by atoms with E-state index >= 15 is 0 Å². The Kier molecular flexibility index (Phi) is 8.72. The van der Waals surface area contributed by atoms with Gasteiger partial charge in [-0.3, -0.25) is 9.59 Å². The first kappa shape index (κ1) is 23.2. The predicted octanol–water partition coefficient (Wildman–Crippen LogP) is 0.414. The molecule has 0 aromatic heterocycles. The van der Waals surface area contributed by atoms with Gasteiger partial charge in [0.15, 0.2) is 0 Å². The summed E-state index contributed by atoms with van der Waals surface area (Å²) in [6.07, 6.45) is 0.527. The van der Waals surface area contributed by atoms with Gasteiger partial charge in [-0.25, -0.2) is 4.79 Å². The number of hydrogen-bond donors (Lipinski definition) is 5. The topological polar surface area (TPSA) is 163 Å². The molecule has 8 N–H and O–H groups in total. The molecule has 9 heteroatoms. The van der Waals surface area contributed by atoms with Crippen molar-refractivity contribution in [3.05, 3.63) is 29.8 Å². The van der Waals surface area contributed by atoms with Gasteiger partial charge in [-0.05, 0) is 51.3 Å². The van der Waals surface area contributed by atoms with Gasteiger partial charge in [0, 0.05) is 18.7 Å². The second kappa shape index (κ2) is 10.5. The molecule has 0 aliphatic rings. The van der Waals surface area contributed by atoms with Crippen LogP contribution >= 0.6 is 0 Å². The summed E-state index contributed by atoms with van der Waals surface area (Å²) in [5, 5.41) is 5.18. The van der Waals surface area contributed by atoms with Gasteiger partial charge >= 0.3 is 6.09 Å². The van der Waals surface area contributed by atoms with Gasteiger partial charge in [0.05, 0.1) is 6.04 Å². The van der Waals surface area contributed by atoms with E-state index in [9.17, 15) is 14.4 Å². The summed E-state index contributed by atoms with van der Waals surface area (Å²) in [6, 6.07) is 5.24. The lowest BCUT2D eigenvalue weighted by Gasteiger charge is -2.20. The van der Waals surface area contributed by atoms with E-state index in [-0.39, 0.29) is 6.42 Å². The normalized spacial score (nSPS) is 13.3. The number of hydrogen-bond acceptors (Lipinski definition) is 6. The zero-order valence-electron chi connectivity index (χ0n) is 16.7. The lowest BCUT2D eigenvalue weighted by molar-refractivity contribution is -0.128. The van der Waals surface area contributed by atoms with Crippen molar-refractivity contribution in [2.24, 2.45) is 11.5 Å². The third-order valence-corrected chi connectivity index (χ3v) is 3.78. The van der Waals surface area contributed by atoms with Crippen LogP contribution in [0.15, 0.2) is 24.3 Å². The first-order chi connectivity index (χ1) is 13.0. The molecule has 0 fully saturated rings. The molecule has 2 atom stereocenters. The molecular weight excluding hydrogens is 362 g/mol. The largest absolute Gasteiger partial charge is 0.444 e. The lowest BCUT2D eigenvalue weighted by atomic mass is 10.0. The summed E-state index contributed by atoms with van der Waals surface area (Å²) in [7, 11) is 0. The summed E-state index contributed by atoms with van der Waals surface area (Å²) in [6.45, 7) is 5.63. The van der Waals surface area contributed by atoms with Crippen LogP contribution < -0.4 is 27.8 Å². The second-order valence-electron chi connectivity index (χ2n) is 7.59. The highest BCUT2D eigenvalue weighted by molar-refractivity contribution is 5.89. The molecule has 0 aliphatic carbocycles. The molecule has 1 rings (SSSR count). The van der Waals surface area contributed by atoms with E-state index in [0.29, 0.717) is 25.1 Å². The summed E-state index contributed by atoms with van der Waals surface area (Å²) in [4.78, 5) is 35.5. The van der Waals surface area contributed by atoms with Gasteiger partial charge < -0.3 is 32.6 Å². The number of rotatable bonds is 9. The average Bonchev–Trinajstić information content (AvgIpc) is 2.58. The fourth-order valence-electron chi connectivity index (χ4n) is 2.35. The Balaban J connectivity index is 2.42. The molecule has 0 heterocycles. The van der Waals surface area contributed by atoms with Crippen molar-refractivity contribution in [3.63, 3.8) is 0 Å². The SMILES string of the molecule is CC(C)(C)OC(=O)NCCC[C@H](N)C(=O)N[C@@H](Cc1ccc(N)cc1)C(N)=O. The number of benzene rings is 1. The third kappa shape index (κ3) is 9.22. The first-order valence-electron chi connectivity index (χ1n) is 9.14. The molecule has 0 saturated carbocycles. The average molecular weight is 393 g/mol. The summed E-state index contributed by atoms with van der Waals surface area (Å²) in [5.41, 5.74) is 17.7. The molecule has 28 heavy (non-hydrogen) atoms. The smallest absolute Gasteiger partial charge is 0.407 e. The Morgan fingerprint density at radius 1 is 1.14 bits per heavy atom. The van der Waals surface area contributed by atoms with Crippen LogP contribution in [0.2, 0.25) is 0 Å². The van der Waals surface area contributed by atoms with E-state index in [1.165, 1.54) is 0 Å². The van der Waals surface area contributed by atoms with Gasteiger partial charge in [-0.1, -0.05) is 12.1 Å². The predicted molar refractivity (Wildman–Crippen MR) is 107 cm³/mol. The van der Waals surface area contributed by atoms with E-state index in [1.54, 1.807) is 45.0 Å². The molecule has 156 valence electrons. The molecule has 0 spiro atoms. The van der Waals surface area contributed by atoms with E-state index in [2.05, 4.69) is 10.6 Å². The van der Waals surface area contributed by atoms with Crippen LogP contribution in [0.3, 0.4) is 0 Å². The van der Waals surface area contributed by atoms with E-state index < -0.39 is 35.6 Å². The molecule has 3 amide bonds. The van der Waals surface area contributed by atoms with Gasteiger partial charge in [-0.15, -0.1) is 0 Å². The number of nitrogens with two attached hydrogens (primary N) is 3. The van der Waals surface area contributed by atoms with E-state index in [0.717, 1.165) is 5.56 Å². The van der Waals surface area contributed by atoms with Crippen LogP contribution in [-0.2, 0) is 20.7 Å². The van der Waals surface area contributed by atoms with Crippen molar-refractivity contribution >= 4 is 23.6 Å². The zero-order valence-corrected chi connectivity index (χ0v) is 16.7. The Morgan fingerprint density at radius 2 is 1.75 bits per heavy atom. The van der Waals surface area contributed by atoms with Crippen LogP contribution in [0.25, 0.3) is 0 Å². The number of amides is 3. The number of ether oxygens (including phenoxy) is 1. The van der Waals surface area contributed by atoms with E-state index in [4.69, 9.17) is 21.9 Å². The highest BCUT2D eigenvalue weighted by Gasteiger charge is 2.22. The molecule has 1 aromatic rings. The van der Waals surface area contributed by atoms with Crippen LogP contribution in [0.5, 0.6) is 0 Å². The molecule has 0 radical (unpaired) electrons. The monoisotopic (exact) mass is 393 g/mol. The number of carbonyl (C=O) groups is 3. The maximum absolute atomic E-state index is 12.2. The van der Waals surface area contributed by atoms with Gasteiger partial charge in [0.2, 0.25) is 11.8 Å². The van der Waals surface area contributed by atoms with Crippen molar-refractivity contribution in [1.82, 2.24) is 10.6 Å². The number of nitrogens with one attached hydrogen (secondary N) is 2. The quantitative estimate of drug-likeness (QED) is 0.301. The number of nitrogen functional groups attached to an aromatic ring is 1. The molecule has 9 nitrogen and oxygen atoms in total. The number of primary amides is 1. The highest BCUT2D eigenvalue weighted by Crippen LogP contribution is 2.09. The molecule has 0 saturated heterocycles. The summed E-state index contributed by atoms with van der Waals surface area (Å²) >= 11 is 0. The van der Waals surface area contributed by atoms with Crippen molar-refractivity contribution < 1.29 is 19.1 Å². The Hall–Kier alpha value is -2.81. The molecular formula is C19H31N5O4. The number of alkyl carbamates (subject to hydrolysis) is 1. The third-order valence-electron chi connectivity index (χ3n) is 3.78. The standard InChI is InChI=1S/C19H31N5O4/c1-19(2,3)28-18(27)23-10-4-5-14(21)17(26)24-15(16(22)25)11-12-6-8-13(20)9-7-12/h6-9,14-15H,4-5,10-11,20-21H2,1-3H3,(H2,22,25)(H,23,27)(H,24,26)/t14-,15-/m0/s1. The molecule has 0 unspecified atom stereocenters. The maximum Gasteiger partial charge on any atom is 0.407 e. The van der Waals surface area contributed by atoms with Crippen molar-refractivity contribution in [2.45, 2.75) is 57.7 Å². The van der Waals surface area contributed by atoms with Crippen LogP contribution in [0, 0.1) is 0 Å². The van der Waals surface area contributed by atoms with Crippen molar-refractivity contribution in [1.29, 1.82) is 0 Å². The minimum Gasteiger partial charge on any atom is -0.444 e. The molecule has 0 aliphatic heterocycles. The fourth-order valence-corrected chi connectivity index (χ4v) is 2.35. The Bertz CT molecular complexity index is 670. The van der Waals surface area contributed by atoms with Gasteiger partial charge in [-0.2, -0.15) is 0 Å². The van der Waals surface area contributed by atoms with Crippen LogP contribution in [0.4, 0.5) is 10.5 Å². The minimum atomic E-state index is -0.873. The molecule has 1 aromatic carbocycles. The Morgan fingerprint density at radius 3 is 2.29 bits per heavy atom. The first-order valence-corrected chi connectivity index (χ1v) is 9.14. The zero-order chi connectivity index (χ0) is 21.3. The second-order valence-corrected chi connectivity index (χ2v) is 7.59. The maximum atomic E-state index is 12.2. The fraction of sp³-hybridized carbons (Fsp3) is 0.526. The number of carbonyl (C=O) groups excluding carboxylic acids is 3. The lowest BCUT2D eigenvalue weighted by Crippen LogP contribution is -2.51. The van der Waals surface area contributed by atoms with Crippen molar-refractivity contribution in [3.8, 4) is 0 Å². The van der Waals surface area contributed by atoms with Crippen molar-refractivity contribution in [2.75, 3.05) is 12.3 Å². The Labute approximate surface area is 165 Å². The van der Waals surface area contributed by atoms with Crippen LogP contribution in [0.1, 0.15) is 39.2 Å². The number of anilines is 1. The molecule has 0 bridgehead atoms. The van der Waals surface area contributed by atoms with E-state index in [1.807, 2.05) is 0 Å². The highest BCUT2D eigenvalue weighted by atomic mass is 16.6. The van der Waals surface area contributed by atoms with Gasteiger partial charge in [0.25, 0.3) is 0 Å². The summed E-state index contributed by atoms with van der Waals surface area (Å²) < 4.78 is 5.12. The minimum absolute atomic E-state index is 0.244. The van der Waals surface area contributed by atoms with Gasteiger partial charge in [0.1, 0.15) is 11.6 Å². The van der Waals surface area contributed by atoms with Crippen LogP contribution in [-0.4, -0.2) is 42.1 Å².